The molecule has 0 aromatic heterocycles. The largest absolute Gasteiger partial charge is 0.460 e. The Morgan fingerprint density at radius 2 is 1.72 bits per heavy atom. The van der Waals surface area contributed by atoms with Crippen molar-refractivity contribution in [1.29, 1.82) is 0 Å². The molecule has 2 aliphatic carbocycles. The van der Waals surface area contributed by atoms with Crippen LogP contribution in [0.25, 0.3) is 0 Å². The quantitative estimate of drug-likeness (QED) is 0.463. The Kier molecular flexibility index (Phi) is 5.70. The van der Waals surface area contributed by atoms with Gasteiger partial charge in [-0.1, -0.05) is 29.8 Å². The highest BCUT2D eigenvalue weighted by molar-refractivity contribution is 6.21. The zero-order valence-electron chi connectivity index (χ0n) is 14.0. The van der Waals surface area contributed by atoms with Crippen LogP contribution in [0.5, 0.6) is 0 Å². The van der Waals surface area contributed by atoms with Gasteiger partial charge >= 0.3 is 5.97 Å². The molecule has 1 fully saturated rings. The van der Waals surface area contributed by atoms with Gasteiger partial charge in [0.25, 0.3) is 0 Å². The number of ether oxygens (including phenoxy) is 1. The highest BCUT2D eigenvalue weighted by atomic mass is 35.5. The van der Waals surface area contributed by atoms with Crippen LogP contribution < -0.4 is 5.32 Å². The van der Waals surface area contributed by atoms with Gasteiger partial charge in [0.1, 0.15) is 6.10 Å². The minimum absolute atomic E-state index is 0.0394. The van der Waals surface area contributed by atoms with Crippen molar-refractivity contribution >= 4 is 40.8 Å². The molecule has 0 heterocycles. The van der Waals surface area contributed by atoms with Gasteiger partial charge in [0.05, 0.1) is 23.6 Å². The number of benzene rings is 1. The standard InChI is InChI=1S/C19H21Cl2NO3/c1-11-2-6-14(7-3-11)22-18(23)16-12-4-5-13(8-12)17(16)19(24)25-15(9-20)10-21/h2-7,12-13,15-17H,8-10H2,1H3,(H,22,23)/t12-,13+,16+,17+/m1/s1. The molecule has 2 bridgehead atoms. The number of carbonyl (C=O) groups is 2. The number of anilines is 1. The van der Waals surface area contributed by atoms with Crippen LogP contribution >= 0.6 is 23.2 Å². The number of esters is 1. The Hall–Kier alpha value is -1.52. The second-order valence-electron chi connectivity index (χ2n) is 6.72. The Morgan fingerprint density at radius 1 is 1.12 bits per heavy atom. The van der Waals surface area contributed by atoms with Crippen LogP contribution in [0.3, 0.4) is 0 Å². The highest BCUT2D eigenvalue weighted by Gasteiger charge is 2.52. The molecular formula is C19H21Cl2NO3. The van der Waals surface area contributed by atoms with Crippen molar-refractivity contribution < 1.29 is 14.3 Å². The number of hydrogen-bond acceptors (Lipinski definition) is 3. The van der Waals surface area contributed by atoms with Crippen LogP contribution in [0.1, 0.15) is 12.0 Å². The molecule has 0 radical (unpaired) electrons. The summed E-state index contributed by atoms with van der Waals surface area (Å²) in [4.78, 5) is 25.4. The van der Waals surface area contributed by atoms with Crippen LogP contribution in [-0.4, -0.2) is 29.7 Å². The number of nitrogens with one attached hydrogen (secondary N) is 1. The van der Waals surface area contributed by atoms with Gasteiger partial charge in [-0.2, -0.15) is 0 Å². The van der Waals surface area contributed by atoms with E-state index in [1.165, 1.54) is 0 Å². The van der Waals surface area contributed by atoms with Crippen LogP contribution in [0.15, 0.2) is 36.4 Å². The lowest BCUT2D eigenvalue weighted by molar-refractivity contribution is -0.156. The number of aryl methyl sites for hydroxylation is 1. The summed E-state index contributed by atoms with van der Waals surface area (Å²) in [6.45, 7) is 1.99. The van der Waals surface area contributed by atoms with Gasteiger partial charge in [0, 0.05) is 5.69 Å². The number of halogens is 2. The van der Waals surface area contributed by atoms with Gasteiger partial charge in [-0.3, -0.25) is 9.59 Å². The Balaban J connectivity index is 1.73. The van der Waals surface area contributed by atoms with Crippen molar-refractivity contribution in [3.05, 3.63) is 42.0 Å². The summed E-state index contributed by atoms with van der Waals surface area (Å²) in [5.74, 6) is -1.03. The molecule has 134 valence electrons. The molecule has 1 aromatic carbocycles. The number of alkyl halides is 2. The molecular weight excluding hydrogens is 361 g/mol. The van der Waals surface area contributed by atoms with E-state index < -0.39 is 17.9 Å². The van der Waals surface area contributed by atoms with Crippen LogP contribution in [0.2, 0.25) is 0 Å². The van der Waals surface area contributed by atoms with Gasteiger partial charge in [0.2, 0.25) is 5.91 Å². The van der Waals surface area contributed by atoms with E-state index in [-0.39, 0.29) is 35.5 Å². The molecule has 0 aliphatic heterocycles. The number of amides is 1. The molecule has 25 heavy (non-hydrogen) atoms. The molecule has 2 aliphatic rings. The fourth-order valence-electron chi connectivity index (χ4n) is 3.71. The molecule has 0 spiro atoms. The maximum Gasteiger partial charge on any atom is 0.310 e. The smallest absolute Gasteiger partial charge is 0.310 e. The number of allylic oxidation sites excluding steroid dienone is 2. The predicted octanol–water partition coefficient (Wildman–Crippen LogP) is 3.76. The molecule has 4 nitrogen and oxygen atoms in total. The molecule has 1 saturated carbocycles. The molecule has 0 saturated heterocycles. The maximum atomic E-state index is 12.8. The minimum Gasteiger partial charge on any atom is -0.460 e. The Morgan fingerprint density at radius 3 is 2.32 bits per heavy atom. The van der Waals surface area contributed by atoms with Crippen molar-refractivity contribution in [2.45, 2.75) is 19.4 Å². The van der Waals surface area contributed by atoms with E-state index in [0.717, 1.165) is 17.7 Å². The lowest BCUT2D eigenvalue weighted by Gasteiger charge is -2.27. The van der Waals surface area contributed by atoms with Gasteiger partial charge in [0.15, 0.2) is 0 Å². The lowest BCUT2D eigenvalue weighted by atomic mass is 9.82. The second kappa shape index (κ2) is 7.79. The predicted molar refractivity (Wildman–Crippen MR) is 98.8 cm³/mol. The first-order valence-corrected chi connectivity index (χ1v) is 9.48. The summed E-state index contributed by atoms with van der Waals surface area (Å²) in [6, 6.07) is 7.60. The third-order valence-corrected chi connectivity index (χ3v) is 5.67. The van der Waals surface area contributed by atoms with Crippen LogP contribution in [0.4, 0.5) is 5.69 Å². The summed E-state index contributed by atoms with van der Waals surface area (Å²) in [5, 5.41) is 2.93. The second-order valence-corrected chi connectivity index (χ2v) is 7.34. The third kappa shape index (κ3) is 3.85. The van der Waals surface area contributed by atoms with Gasteiger partial charge in [-0.05, 0) is 37.3 Å². The van der Waals surface area contributed by atoms with E-state index >= 15 is 0 Å². The molecule has 3 rings (SSSR count). The number of carbonyl (C=O) groups excluding carboxylic acids is 2. The normalized spacial score (nSPS) is 26.9. The average molecular weight is 382 g/mol. The lowest BCUT2D eigenvalue weighted by Crippen LogP contribution is -2.39. The van der Waals surface area contributed by atoms with Crippen molar-refractivity contribution in [3.63, 3.8) is 0 Å². The number of fused-ring (bicyclic) bond motifs is 2. The van der Waals surface area contributed by atoms with E-state index in [1.807, 2.05) is 43.3 Å². The van der Waals surface area contributed by atoms with Crippen molar-refractivity contribution in [2.24, 2.45) is 23.7 Å². The number of hydrogen-bond donors (Lipinski definition) is 1. The molecule has 0 unspecified atom stereocenters. The monoisotopic (exact) mass is 381 g/mol. The van der Waals surface area contributed by atoms with Gasteiger partial charge in [-0.15, -0.1) is 23.2 Å². The zero-order chi connectivity index (χ0) is 18.0. The first-order chi connectivity index (χ1) is 12.0. The first-order valence-electron chi connectivity index (χ1n) is 8.41. The van der Waals surface area contributed by atoms with Crippen molar-refractivity contribution in [2.75, 3.05) is 17.1 Å². The van der Waals surface area contributed by atoms with Crippen molar-refractivity contribution in [3.8, 4) is 0 Å². The highest BCUT2D eigenvalue weighted by Crippen LogP contribution is 2.49. The fraction of sp³-hybridized carbons (Fsp3) is 0.474. The van der Waals surface area contributed by atoms with Crippen LogP contribution in [-0.2, 0) is 14.3 Å². The van der Waals surface area contributed by atoms with E-state index in [9.17, 15) is 9.59 Å². The maximum absolute atomic E-state index is 12.8. The minimum atomic E-state index is -0.528. The fourth-order valence-corrected chi connectivity index (χ4v) is 4.17. The summed E-state index contributed by atoms with van der Waals surface area (Å²) < 4.78 is 5.42. The van der Waals surface area contributed by atoms with E-state index in [4.69, 9.17) is 27.9 Å². The van der Waals surface area contributed by atoms with Gasteiger partial charge < -0.3 is 10.1 Å². The molecule has 6 heteroatoms. The molecule has 1 N–H and O–H groups in total. The van der Waals surface area contributed by atoms with E-state index in [1.54, 1.807) is 0 Å². The third-order valence-electron chi connectivity index (χ3n) is 4.98. The average Bonchev–Trinajstić information content (AvgIpc) is 3.22. The van der Waals surface area contributed by atoms with Crippen molar-refractivity contribution in [1.82, 2.24) is 0 Å². The first kappa shape index (κ1) is 18.3. The summed E-state index contributed by atoms with van der Waals surface area (Å²) >= 11 is 11.5. The molecule has 4 atom stereocenters. The number of rotatable bonds is 6. The van der Waals surface area contributed by atoms with E-state index in [0.29, 0.717) is 0 Å². The SMILES string of the molecule is Cc1ccc(NC(=O)[C@@H]2[C@@H](C(=O)OC(CCl)CCl)[C@H]3C=C[C@@H]2C3)cc1. The Bertz CT molecular complexity index is 670. The Labute approximate surface area is 157 Å². The summed E-state index contributed by atoms with van der Waals surface area (Å²) in [6.07, 6.45) is 4.33. The molecule has 1 amide bonds. The summed E-state index contributed by atoms with van der Waals surface area (Å²) in [5.41, 5.74) is 1.85. The zero-order valence-corrected chi connectivity index (χ0v) is 15.5. The topological polar surface area (TPSA) is 55.4 Å². The summed E-state index contributed by atoms with van der Waals surface area (Å²) in [7, 11) is 0. The van der Waals surface area contributed by atoms with E-state index in [2.05, 4.69) is 5.32 Å². The van der Waals surface area contributed by atoms with Gasteiger partial charge in [-0.25, -0.2) is 0 Å². The van der Waals surface area contributed by atoms with Crippen LogP contribution in [0, 0.1) is 30.6 Å². The molecule has 1 aromatic rings.